The van der Waals surface area contributed by atoms with Crippen LogP contribution in [0.25, 0.3) is 0 Å². The summed E-state index contributed by atoms with van der Waals surface area (Å²) in [5.74, 6) is 0.223. The molecule has 0 spiro atoms. The molecule has 108 valence electrons. The van der Waals surface area contributed by atoms with E-state index in [0.717, 1.165) is 12.1 Å². The van der Waals surface area contributed by atoms with E-state index in [1.807, 2.05) is 37.4 Å². The molecule has 0 radical (unpaired) electrons. The zero-order valence-corrected chi connectivity index (χ0v) is 12.5. The molecule has 0 heterocycles. The van der Waals surface area contributed by atoms with Gasteiger partial charge in [0, 0.05) is 6.42 Å². The standard InChI is InChI=1S/C17H21NO.ClH/c1-14-8-6-7-11-16(14)19-17(12-13-18-2)15-9-4-3-5-10-15;/h3-11,17-18H,12-13H2,1-2H3;1H/i6D,7D,8D,11D;. The van der Waals surface area contributed by atoms with Gasteiger partial charge in [0.1, 0.15) is 11.9 Å². The Hall–Kier alpha value is -1.51. The summed E-state index contributed by atoms with van der Waals surface area (Å²) >= 11 is 0. The van der Waals surface area contributed by atoms with Crippen molar-refractivity contribution in [2.45, 2.75) is 19.4 Å². The lowest BCUT2D eigenvalue weighted by molar-refractivity contribution is 0.193. The van der Waals surface area contributed by atoms with Crippen LogP contribution in [0.1, 0.15) is 29.1 Å². The fourth-order valence-electron chi connectivity index (χ4n) is 1.86. The Bertz CT molecular complexity index is 653. The fraction of sp³-hybridized carbons (Fsp3) is 0.294. The summed E-state index contributed by atoms with van der Waals surface area (Å²) < 4.78 is 37.6. The van der Waals surface area contributed by atoms with Crippen LogP contribution in [-0.2, 0) is 0 Å². The van der Waals surface area contributed by atoms with E-state index in [9.17, 15) is 0 Å². The summed E-state index contributed by atoms with van der Waals surface area (Å²) in [6.07, 6.45) is 0.421. The fourth-order valence-corrected chi connectivity index (χ4v) is 1.86. The maximum Gasteiger partial charge on any atom is 0.125 e. The Kier molecular flexibility index (Phi) is 4.82. The van der Waals surface area contributed by atoms with Gasteiger partial charge in [0.25, 0.3) is 0 Å². The van der Waals surface area contributed by atoms with E-state index in [2.05, 4.69) is 5.32 Å². The van der Waals surface area contributed by atoms with Crippen molar-refractivity contribution in [1.82, 2.24) is 5.32 Å². The highest BCUT2D eigenvalue weighted by Crippen LogP contribution is 2.26. The summed E-state index contributed by atoms with van der Waals surface area (Å²) in [5, 5.41) is 3.08. The summed E-state index contributed by atoms with van der Waals surface area (Å²) in [5.41, 5.74) is 1.41. The molecule has 2 nitrogen and oxygen atoms in total. The number of rotatable bonds is 6. The van der Waals surface area contributed by atoms with Crippen molar-refractivity contribution in [2.75, 3.05) is 13.6 Å². The summed E-state index contributed by atoms with van der Waals surface area (Å²) in [6.45, 7) is 2.40. The molecule has 1 unspecified atom stereocenters. The monoisotopic (exact) mass is 295 g/mol. The number of benzene rings is 2. The Morgan fingerprint density at radius 2 is 1.90 bits per heavy atom. The summed E-state index contributed by atoms with van der Waals surface area (Å²) in [7, 11) is 1.86. The molecule has 3 heteroatoms. The molecule has 0 aliphatic carbocycles. The van der Waals surface area contributed by atoms with Crippen LogP contribution in [0, 0.1) is 6.92 Å². The van der Waals surface area contributed by atoms with Gasteiger partial charge >= 0.3 is 0 Å². The Morgan fingerprint density at radius 1 is 1.20 bits per heavy atom. The highest BCUT2D eigenvalue weighted by molar-refractivity contribution is 5.85. The molecular weight excluding hydrogens is 270 g/mol. The van der Waals surface area contributed by atoms with E-state index in [-0.39, 0.29) is 48.4 Å². The third-order valence-corrected chi connectivity index (χ3v) is 2.92. The van der Waals surface area contributed by atoms with Gasteiger partial charge in [-0.05, 0) is 37.7 Å². The van der Waals surface area contributed by atoms with E-state index < -0.39 is 0 Å². The number of halogens is 1. The minimum atomic E-state index is -0.276. The van der Waals surface area contributed by atoms with Gasteiger partial charge < -0.3 is 10.1 Å². The predicted octanol–water partition coefficient (Wildman–Crippen LogP) is 4.15. The van der Waals surface area contributed by atoms with Gasteiger partial charge in [0.05, 0.1) is 5.48 Å². The topological polar surface area (TPSA) is 21.3 Å². The van der Waals surface area contributed by atoms with Gasteiger partial charge in [-0.15, -0.1) is 12.4 Å². The van der Waals surface area contributed by atoms with Crippen molar-refractivity contribution in [3.8, 4) is 5.75 Å². The molecule has 0 aliphatic heterocycles. The van der Waals surface area contributed by atoms with Crippen LogP contribution in [0.2, 0.25) is 0 Å². The maximum atomic E-state index is 8.08. The van der Waals surface area contributed by atoms with Gasteiger partial charge in [-0.2, -0.15) is 0 Å². The molecule has 0 bridgehead atoms. The van der Waals surface area contributed by atoms with Gasteiger partial charge in [0.2, 0.25) is 0 Å². The van der Waals surface area contributed by atoms with Gasteiger partial charge in [-0.1, -0.05) is 48.5 Å². The zero-order chi connectivity index (χ0) is 17.0. The van der Waals surface area contributed by atoms with E-state index in [1.54, 1.807) is 6.92 Å². The Labute approximate surface area is 133 Å². The van der Waals surface area contributed by atoms with Crippen LogP contribution in [0.15, 0.2) is 54.5 Å². The van der Waals surface area contributed by atoms with Crippen LogP contribution in [-0.4, -0.2) is 13.6 Å². The lowest BCUT2D eigenvalue weighted by Gasteiger charge is -2.20. The van der Waals surface area contributed by atoms with Crippen molar-refractivity contribution in [3.05, 3.63) is 65.6 Å². The smallest absolute Gasteiger partial charge is 0.125 e. The SMILES string of the molecule is Cl.[2H]c1c([2H])c([2H])c(OC(CCNC)c2ccccc2)c(C)c1[2H]. The average Bonchev–Trinajstić information content (AvgIpc) is 2.58. The van der Waals surface area contributed by atoms with Crippen LogP contribution < -0.4 is 10.1 Å². The van der Waals surface area contributed by atoms with E-state index in [4.69, 9.17) is 10.2 Å². The molecule has 0 aliphatic rings. The van der Waals surface area contributed by atoms with Crippen molar-refractivity contribution >= 4 is 12.4 Å². The molecule has 1 N–H and O–H groups in total. The predicted molar refractivity (Wildman–Crippen MR) is 86.8 cm³/mol. The van der Waals surface area contributed by atoms with Crippen LogP contribution in [0.4, 0.5) is 0 Å². The van der Waals surface area contributed by atoms with E-state index in [0.29, 0.717) is 12.0 Å². The molecule has 0 fully saturated rings. The second-order valence-corrected chi connectivity index (χ2v) is 4.36. The van der Waals surface area contributed by atoms with Crippen molar-refractivity contribution < 1.29 is 10.2 Å². The van der Waals surface area contributed by atoms with Crippen molar-refractivity contribution in [1.29, 1.82) is 0 Å². The third-order valence-electron chi connectivity index (χ3n) is 2.92. The molecule has 2 aromatic carbocycles. The number of nitrogens with one attached hydrogen (secondary N) is 1. The lowest BCUT2D eigenvalue weighted by Crippen LogP contribution is -2.16. The highest BCUT2D eigenvalue weighted by atomic mass is 35.5. The lowest BCUT2D eigenvalue weighted by atomic mass is 10.1. The average molecular weight is 296 g/mol. The molecule has 0 amide bonds. The first-order valence-electron chi connectivity index (χ1n) is 8.40. The molecule has 2 aromatic rings. The number of para-hydroxylation sites is 1. The highest BCUT2D eigenvalue weighted by Gasteiger charge is 2.13. The normalized spacial score (nSPS) is 14.3. The first-order valence-corrected chi connectivity index (χ1v) is 6.40. The van der Waals surface area contributed by atoms with E-state index >= 15 is 0 Å². The third kappa shape index (κ3) is 4.55. The Balaban J connectivity index is 0.00000288. The summed E-state index contributed by atoms with van der Waals surface area (Å²) in [4.78, 5) is 0. The minimum Gasteiger partial charge on any atom is -0.485 e. The number of hydrogen-bond acceptors (Lipinski definition) is 2. The van der Waals surface area contributed by atoms with Crippen molar-refractivity contribution in [3.63, 3.8) is 0 Å². The number of hydrogen-bond donors (Lipinski definition) is 1. The summed E-state index contributed by atoms with van der Waals surface area (Å²) in [6, 6.07) is 9.02. The maximum absolute atomic E-state index is 8.08. The van der Waals surface area contributed by atoms with Gasteiger partial charge in [-0.25, -0.2) is 0 Å². The molecule has 0 aromatic heterocycles. The first kappa shape index (κ1) is 11.2. The molecule has 2 rings (SSSR count). The number of ether oxygens (including phenoxy) is 1. The second kappa shape index (κ2) is 8.62. The molecule has 1 atom stereocenters. The quantitative estimate of drug-likeness (QED) is 0.864. The second-order valence-electron chi connectivity index (χ2n) is 4.36. The van der Waals surface area contributed by atoms with Gasteiger partial charge in [-0.3, -0.25) is 0 Å². The zero-order valence-electron chi connectivity index (χ0n) is 15.7. The van der Waals surface area contributed by atoms with Crippen LogP contribution >= 0.6 is 12.4 Å². The van der Waals surface area contributed by atoms with Gasteiger partial charge in [0.15, 0.2) is 0 Å². The van der Waals surface area contributed by atoms with Crippen LogP contribution in [0.3, 0.4) is 0 Å². The van der Waals surface area contributed by atoms with E-state index in [1.165, 1.54) is 0 Å². The first-order chi connectivity index (χ1) is 11.0. The Morgan fingerprint density at radius 3 is 2.60 bits per heavy atom. The van der Waals surface area contributed by atoms with Crippen LogP contribution in [0.5, 0.6) is 5.75 Å². The molecular formula is C17H22ClNO. The molecule has 0 saturated carbocycles. The minimum absolute atomic E-state index is 0. The molecule has 0 saturated heterocycles. The molecule has 20 heavy (non-hydrogen) atoms. The largest absolute Gasteiger partial charge is 0.485 e. The van der Waals surface area contributed by atoms with Crippen molar-refractivity contribution in [2.24, 2.45) is 0 Å².